The van der Waals surface area contributed by atoms with Crippen molar-refractivity contribution in [1.29, 1.82) is 0 Å². The van der Waals surface area contributed by atoms with Crippen molar-refractivity contribution >= 4 is 39.1 Å². The van der Waals surface area contributed by atoms with Gasteiger partial charge in [0.25, 0.3) is 10.0 Å². The maximum Gasteiger partial charge on any atom is 0.264 e. The minimum absolute atomic E-state index is 0.000377. The first-order chi connectivity index (χ1) is 23.2. The molecule has 1 saturated carbocycles. The van der Waals surface area contributed by atoms with Crippen LogP contribution in [0.4, 0.5) is 5.69 Å². The number of anilines is 1. The van der Waals surface area contributed by atoms with Crippen molar-refractivity contribution in [1.82, 2.24) is 10.2 Å². The van der Waals surface area contributed by atoms with Gasteiger partial charge in [-0.05, 0) is 68.1 Å². The number of rotatable bonds is 14. The van der Waals surface area contributed by atoms with Crippen LogP contribution in [0.25, 0.3) is 0 Å². The molecule has 48 heavy (non-hydrogen) atoms. The molecule has 0 aliphatic heterocycles. The molecular weight excluding hydrogens is 646 g/mol. The lowest BCUT2D eigenvalue weighted by Gasteiger charge is -2.34. The highest BCUT2D eigenvalue weighted by molar-refractivity contribution is 7.92. The van der Waals surface area contributed by atoms with Crippen LogP contribution in [0.1, 0.15) is 49.3 Å². The topological polar surface area (TPSA) is 96.0 Å². The second-order valence-corrected chi connectivity index (χ2v) is 14.3. The van der Waals surface area contributed by atoms with Crippen LogP contribution in [0.5, 0.6) is 5.75 Å². The van der Waals surface area contributed by atoms with Gasteiger partial charge in [-0.25, -0.2) is 8.42 Å². The first-order valence-electron chi connectivity index (χ1n) is 16.4. The normalized spacial score (nSPS) is 13.9. The summed E-state index contributed by atoms with van der Waals surface area (Å²) in [5, 5.41) is 3.63. The Hall–Kier alpha value is -4.34. The highest BCUT2D eigenvalue weighted by Crippen LogP contribution is 2.33. The van der Waals surface area contributed by atoms with Crippen molar-refractivity contribution < 1.29 is 22.7 Å². The van der Waals surface area contributed by atoms with Gasteiger partial charge in [0.05, 0.1) is 17.2 Å². The molecule has 1 aliphatic carbocycles. The van der Waals surface area contributed by atoms with Gasteiger partial charge in [-0.1, -0.05) is 103 Å². The molecule has 0 aromatic heterocycles. The van der Waals surface area contributed by atoms with E-state index in [2.05, 4.69) is 5.32 Å². The molecule has 1 atom stereocenters. The summed E-state index contributed by atoms with van der Waals surface area (Å²) in [5.41, 5.74) is 2.63. The van der Waals surface area contributed by atoms with Crippen LogP contribution in [-0.2, 0) is 32.6 Å². The van der Waals surface area contributed by atoms with E-state index in [1.54, 1.807) is 48.5 Å². The number of ether oxygens (including phenoxy) is 1. The van der Waals surface area contributed by atoms with E-state index in [1.165, 1.54) is 17.0 Å². The first kappa shape index (κ1) is 35.0. The number of hydrogen-bond acceptors (Lipinski definition) is 5. The van der Waals surface area contributed by atoms with E-state index in [1.807, 2.05) is 56.3 Å². The molecule has 1 fully saturated rings. The fraction of sp³-hybridized carbons (Fsp3) is 0.316. The molecule has 4 aromatic rings. The van der Waals surface area contributed by atoms with Crippen LogP contribution in [0, 0.1) is 6.92 Å². The standard InChI is InChI=1S/C38H42ClN3O5S/c1-3-47-36-20-12-11-19-34(36)42(48(45,46)32-23-21-28(2)22-24-32)27-37(43)41(26-30-15-7-10-18-33(30)39)35(25-29-13-5-4-6-14-29)38(44)40-31-16-8-9-17-31/h4-7,10-15,18-24,31,35H,3,8-9,16-17,25-27H2,1-2H3,(H,40,44). The number of para-hydroxylation sites is 2. The molecule has 10 heteroatoms. The van der Waals surface area contributed by atoms with Crippen LogP contribution in [0.15, 0.2) is 108 Å². The number of sulfonamides is 1. The Kier molecular flexibility index (Phi) is 11.8. The zero-order valence-electron chi connectivity index (χ0n) is 27.3. The summed E-state index contributed by atoms with van der Waals surface area (Å²) < 4.78 is 35.7. The monoisotopic (exact) mass is 687 g/mol. The van der Waals surface area contributed by atoms with Crippen LogP contribution >= 0.6 is 11.6 Å². The van der Waals surface area contributed by atoms with Crippen LogP contribution < -0.4 is 14.4 Å². The predicted octanol–water partition coefficient (Wildman–Crippen LogP) is 6.94. The molecule has 8 nitrogen and oxygen atoms in total. The lowest BCUT2D eigenvalue weighted by Crippen LogP contribution is -2.54. The van der Waals surface area contributed by atoms with E-state index in [4.69, 9.17) is 16.3 Å². The summed E-state index contributed by atoms with van der Waals surface area (Å²) in [6.45, 7) is 3.40. The number of amides is 2. The van der Waals surface area contributed by atoms with Gasteiger partial charge in [0.1, 0.15) is 18.3 Å². The third kappa shape index (κ3) is 8.57. The molecule has 1 aliphatic rings. The van der Waals surface area contributed by atoms with Gasteiger partial charge < -0.3 is 15.0 Å². The van der Waals surface area contributed by atoms with Crippen molar-refractivity contribution in [2.45, 2.75) is 69.5 Å². The highest BCUT2D eigenvalue weighted by Gasteiger charge is 2.36. The van der Waals surface area contributed by atoms with Crippen molar-refractivity contribution in [3.63, 3.8) is 0 Å². The minimum Gasteiger partial charge on any atom is -0.492 e. The Morgan fingerprint density at radius 1 is 0.896 bits per heavy atom. The fourth-order valence-corrected chi connectivity index (χ4v) is 7.64. The Bertz CT molecular complexity index is 1790. The average Bonchev–Trinajstić information content (AvgIpc) is 3.60. The number of hydrogen-bond donors (Lipinski definition) is 1. The number of halogens is 1. The number of nitrogens with one attached hydrogen (secondary N) is 1. The number of nitrogens with zero attached hydrogens (tertiary/aromatic N) is 2. The molecule has 2 amide bonds. The summed E-state index contributed by atoms with van der Waals surface area (Å²) in [6.07, 6.45) is 4.04. The molecular formula is C38H42ClN3O5S. The van der Waals surface area contributed by atoms with E-state index < -0.39 is 28.5 Å². The average molecular weight is 688 g/mol. The molecule has 0 radical (unpaired) electrons. The Balaban J connectivity index is 1.60. The smallest absolute Gasteiger partial charge is 0.264 e. The van der Waals surface area contributed by atoms with E-state index in [9.17, 15) is 18.0 Å². The predicted molar refractivity (Wildman–Crippen MR) is 190 cm³/mol. The fourth-order valence-electron chi connectivity index (χ4n) is 6.02. The van der Waals surface area contributed by atoms with Crippen molar-refractivity contribution in [2.24, 2.45) is 0 Å². The maximum atomic E-state index is 14.8. The summed E-state index contributed by atoms with van der Waals surface area (Å²) >= 11 is 6.62. The second-order valence-electron chi connectivity index (χ2n) is 12.0. The Labute approximate surface area is 288 Å². The third-order valence-electron chi connectivity index (χ3n) is 8.59. The number of aryl methyl sites for hydroxylation is 1. The molecule has 4 aromatic carbocycles. The molecule has 0 spiro atoms. The van der Waals surface area contributed by atoms with Crippen molar-refractivity contribution in [2.75, 3.05) is 17.5 Å². The molecule has 252 valence electrons. The van der Waals surface area contributed by atoms with Gasteiger partial charge in [-0.3, -0.25) is 13.9 Å². The quantitative estimate of drug-likeness (QED) is 0.155. The third-order valence-corrected chi connectivity index (χ3v) is 10.7. The summed E-state index contributed by atoms with van der Waals surface area (Å²) in [6, 6.07) is 29.0. The SMILES string of the molecule is CCOc1ccccc1N(CC(=O)N(Cc1ccccc1Cl)C(Cc1ccccc1)C(=O)NC1CCCC1)S(=O)(=O)c1ccc(C)cc1. The van der Waals surface area contributed by atoms with Crippen LogP contribution in [0.2, 0.25) is 5.02 Å². The Morgan fingerprint density at radius 3 is 2.23 bits per heavy atom. The molecule has 1 unspecified atom stereocenters. The van der Waals surface area contributed by atoms with Gasteiger partial charge in [-0.15, -0.1) is 0 Å². The largest absolute Gasteiger partial charge is 0.492 e. The lowest BCUT2D eigenvalue weighted by molar-refractivity contribution is -0.140. The number of benzene rings is 4. The minimum atomic E-state index is -4.27. The van der Waals surface area contributed by atoms with Gasteiger partial charge in [0.2, 0.25) is 11.8 Å². The second kappa shape index (κ2) is 16.2. The van der Waals surface area contributed by atoms with Crippen molar-refractivity contribution in [3.8, 4) is 5.75 Å². The van der Waals surface area contributed by atoms with Gasteiger partial charge in [0, 0.05) is 24.0 Å². The van der Waals surface area contributed by atoms with Crippen LogP contribution in [0.3, 0.4) is 0 Å². The van der Waals surface area contributed by atoms with Gasteiger partial charge in [-0.2, -0.15) is 0 Å². The zero-order valence-corrected chi connectivity index (χ0v) is 28.9. The van der Waals surface area contributed by atoms with Crippen molar-refractivity contribution in [3.05, 3.63) is 125 Å². The van der Waals surface area contributed by atoms with E-state index in [0.717, 1.165) is 41.1 Å². The van der Waals surface area contributed by atoms with E-state index in [-0.39, 0.29) is 35.5 Å². The molecule has 0 heterocycles. The summed E-state index contributed by atoms with van der Waals surface area (Å²) in [4.78, 5) is 30.5. The zero-order chi connectivity index (χ0) is 34.1. The molecule has 0 saturated heterocycles. The summed E-state index contributed by atoms with van der Waals surface area (Å²) in [7, 11) is -4.27. The van der Waals surface area contributed by atoms with Gasteiger partial charge in [0.15, 0.2) is 0 Å². The molecule has 0 bridgehead atoms. The molecule has 1 N–H and O–H groups in total. The first-order valence-corrected chi connectivity index (χ1v) is 18.2. The lowest BCUT2D eigenvalue weighted by atomic mass is 10.0. The summed E-state index contributed by atoms with van der Waals surface area (Å²) in [5.74, 6) is -0.519. The van der Waals surface area contributed by atoms with Gasteiger partial charge >= 0.3 is 0 Å². The maximum absolute atomic E-state index is 14.8. The number of carbonyl (C=O) groups is 2. The Morgan fingerprint density at radius 2 is 1.54 bits per heavy atom. The highest BCUT2D eigenvalue weighted by atomic mass is 35.5. The molecule has 5 rings (SSSR count). The van der Waals surface area contributed by atoms with Crippen LogP contribution in [-0.4, -0.2) is 50.4 Å². The number of carbonyl (C=O) groups excluding carboxylic acids is 2. The van der Waals surface area contributed by atoms with E-state index in [0.29, 0.717) is 22.9 Å². The van der Waals surface area contributed by atoms with E-state index >= 15 is 0 Å².